The van der Waals surface area contributed by atoms with Crippen LogP contribution >= 0.6 is 11.6 Å². The molecule has 1 N–H and O–H groups in total. The summed E-state index contributed by atoms with van der Waals surface area (Å²) in [5.74, 6) is -0.346. The van der Waals surface area contributed by atoms with Crippen LogP contribution in [0.2, 0.25) is 5.02 Å². The molecule has 0 saturated heterocycles. The molecule has 0 aliphatic rings. The second-order valence-electron chi connectivity index (χ2n) is 3.71. The maximum Gasteiger partial charge on any atom is 0.173 e. The molecule has 5 heteroatoms. The molecule has 3 nitrogen and oxygen atoms in total. The molecular formula is C13H13ClFNO2. The lowest BCUT2D eigenvalue weighted by Crippen LogP contribution is -2.20. The van der Waals surface area contributed by atoms with Crippen LogP contribution in [0.4, 0.5) is 4.39 Å². The molecule has 1 aromatic carbocycles. The Labute approximate surface area is 110 Å². The van der Waals surface area contributed by atoms with E-state index in [1.165, 1.54) is 6.07 Å². The number of halogens is 2. The van der Waals surface area contributed by atoms with Crippen LogP contribution in [-0.2, 0) is 6.54 Å². The van der Waals surface area contributed by atoms with Gasteiger partial charge in [0.15, 0.2) is 11.6 Å². The zero-order valence-corrected chi connectivity index (χ0v) is 10.4. The second-order valence-corrected chi connectivity index (χ2v) is 4.11. The predicted octanol–water partition coefficient (Wildman–Crippen LogP) is 3.24. The maximum atomic E-state index is 13.3. The minimum Gasteiger partial charge on any atom is -0.488 e. The normalized spacial score (nSPS) is 10.6. The van der Waals surface area contributed by atoms with Gasteiger partial charge in [-0.05, 0) is 18.2 Å². The summed E-state index contributed by atoms with van der Waals surface area (Å²) < 4.78 is 23.6. The van der Waals surface area contributed by atoms with Crippen LogP contribution in [0.1, 0.15) is 5.56 Å². The van der Waals surface area contributed by atoms with Gasteiger partial charge in [-0.1, -0.05) is 17.7 Å². The smallest absolute Gasteiger partial charge is 0.173 e. The average molecular weight is 270 g/mol. The van der Waals surface area contributed by atoms with Gasteiger partial charge in [0.1, 0.15) is 6.61 Å². The molecule has 0 radical (unpaired) electrons. The first-order valence-electron chi connectivity index (χ1n) is 5.56. The summed E-state index contributed by atoms with van der Waals surface area (Å²) in [5, 5.41) is 3.43. The zero-order valence-electron chi connectivity index (χ0n) is 9.66. The lowest BCUT2D eigenvalue weighted by molar-refractivity contribution is 0.298. The molecule has 1 aromatic heterocycles. The fourth-order valence-electron chi connectivity index (χ4n) is 1.47. The number of para-hydroxylation sites is 1. The van der Waals surface area contributed by atoms with Crippen molar-refractivity contribution < 1.29 is 13.5 Å². The fourth-order valence-corrected chi connectivity index (χ4v) is 1.69. The Balaban J connectivity index is 1.72. The molecule has 0 unspecified atom stereocenters. The molecule has 0 aliphatic carbocycles. The van der Waals surface area contributed by atoms with E-state index in [2.05, 4.69) is 5.32 Å². The summed E-state index contributed by atoms with van der Waals surface area (Å²) in [7, 11) is 0. The number of hydrogen-bond acceptors (Lipinski definition) is 3. The highest BCUT2D eigenvalue weighted by molar-refractivity contribution is 6.32. The summed E-state index contributed by atoms with van der Waals surface area (Å²) in [6.45, 7) is 1.62. The van der Waals surface area contributed by atoms with Gasteiger partial charge in [0.25, 0.3) is 0 Å². The van der Waals surface area contributed by atoms with Crippen LogP contribution in [0.5, 0.6) is 5.75 Å². The van der Waals surface area contributed by atoms with Crippen molar-refractivity contribution in [1.29, 1.82) is 0 Å². The molecule has 0 atom stereocenters. The molecule has 96 valence electrons. The van der Waals surface area contributed by atoms with Crippen molar-refractivity contribution in [3.8, 4) is 5.75 Å². The molecule has 0 spiro atoms. The minimum atomic E-state index is -0.447. The third kappa shape index (κ3) is 3.48. The first-order valence-corrected chi connectivity index (χ1v) is 5.94. The molecular weight excluding hydrogens is 257 g/mol. The van der Waals surface area contributed by atoms with Crippen molar-refractivity contribution >= 4 is 11.6 Å². The van der Waals surface area contributed by atoms with Crippen LogP contribution in [0.25, 0.3) is 0 Å². The van der Waals surface area contributed by atoms with E-state index in [4.69, 9.17) is 20.8 Å². The lowest BCUT2D eigenvalue weighted by atomic mass is 10.3. The molecule has 0 amide bonds. The standard InChI is InChI=1S/C13H13ClFNO2/c14-11-2-1-3-12(15)13(11)18-7-5-16-8-10-4-6-17-9-10/h1-4,6,9,16H,5,7-8H2. The fraction of sp³-hybridized carbons (Fsp3) is 0.231. The Bertz CT molecular complexity index is 467. The monoisotopic (exact) mass is 269 g/mol. The Morgan fingerprint density at radius 1 is 1.33 bits per heavy atom. The predicted molar refractivity (Wildman–Crippen MR) is 67.3 cm³/mol. The first kappa shape index (κ1) is 12.9. The molecule has 0 fully saturated rings. The average Bonchev–Trinajstić information content (AvgIpc) is 2.85. The Morgan fingerprint density at radius 2 is 2.22 bits per heavy atom. The molecule has 0 aliphatic heterocycles. The highest BCUT2D eigenvalue weighted by atomic mass is 35.5. The van der Waals surface area contributed by atoms with Crippen molar-refractivity contribution in [2.75, 3.05) is 13.2 Å². The lowest BCUT2D eigenvalue weighted by Gasteiger charge is -2.09. The van der Waals surface area contributed by atoms with Crippen molar-refractivity contribution in [3.05, 3.63) is 53.2 Å². The Kier molecular flexibility index (Phi) is 4.61. The van der Waals surface area contributed by atoms with Gasteiger partial charge in [-0.3, -0.25) is 0 Å². The van der Waals surface area contributed by atoms with Crippen LogP contribution < -0.4 is 10.1 Å². The summed E-state index contributed by atoms with van der Waals surface area (Å²) in [6, 6.07) is 6.34. The second kappa shape index (κ2) is 6.42. The van der Waals surface area contributed by atoms with Gasteiger partial charge in [0, 0.05) is 18.7 Å². The maximum absolute atomic E-state index is 13.3. The van der Waals surface area contributed by atoms with E-state index in [0.29, 0.717) is 19.7 Å². The van der Waals surface area contributed by atoms with Crippen molar-refractivity contribution in [1.82, 2.24) is 5.32 Å². The van der Waals surface area contributed by atoms with Crippen LogP contribution in [0.3, 0.4) is 0 Å². The first-order chi connectivity index (χ1) is 8.77. The summed E-state index contributed by atoms with van der Waals surface area (Å²) in [6.07, 6.45) is 3.29. The summed E-state index contributed by atoms with van der Waals surface area (Å²) in [4.78, 5) is 0. The number of benzene rings is 1. The van der Waals surface area contributed by atoms with Gasteiger partial charge in [-0.15, -0.1) is 0 Å². The van der Waals surface area contributed by atoms with Gasteiger partial charge in [0.05, 0.1) is 17.5 Å². The SMILES string of the molecule is Fc1cccc(Cl)c1OCCNCc1ccoc1. The van der Waals surface area contributed by atoms with Crippen molar-refractivity contribution in [2.24, 2.45) is 0 Å². The van der Waals surface area contributed by atoms with Gasteiger partial charge < -0.3 is 14.5 Å². The number of ether oxygens (including phenoxy) is 1. The minimum absolute atomic E-state index is 0.101. The molecule has 18 heavy (non-hydrogen) atoms. The Morgan fingerprint density at radius 3 is 2.94 bits per heavy atom. The molecule has 2 aromatic rings. The number of furan rings is 1. The third-order valence-corrected chi connectivity index (χ3v) is 2.65. The molecule has 1 heterocycles. The summed E-state index contributed by atoms with van der Waals surface area (Å²) in [5.41, 5.74) is 1.05. The Hall–Kier alpha value is -1.52. The molecule has 2 rings (SSSR count). The van der Waals surface area contributed by atoms with E-state index in [9.17, 15) is 4.39 Å². The third-order valence-electron chi connectivity index (χ3n) is 2.35. The van der Waals surface area contributed by atoms with Gasteiger partial charge in [0.2, 0.25) is 0 Å². The van der Waals surface area contributed by atoms with Gasteiger partial charge in [-0.25, -0.2) is 4.39 Å². The van der Waals surface area contributed by atoms with E-state index < -0.39 is 5.82 Å². The number of nitrogens with one attached hydrogen (secondary N) is 1. The van der Waals surface area contributed by atoms with E-state index in [-0.39, 0.29) is 10.8 Å². The summed E-state index contributed by atoms with van der Waals surface area (Å²) >= 11 is 5.83. The topological polar surface area (TPSA) is 34.4 Å². The van der Waals surface area contributed by atoms with Crippen LogP contribution in [-0.4, -0.2) is 13.2 Å². The van der Waals surface area contributed by atoms with Crippen LogP contribution in [0, 0.1) is 5.82 Å². The van der Waals surface area contributed by atoms with E-state index in [1.807, 2.05) is 6.07 Å². The highest BCUT2D eigenvalue weighted by Gasteiger charge is 2.07. The van der Waals surface area contributed by atoms with E-state index >= 15 is 0 Å². The number of hydrogen-bond donors (Lipinski definition) is 1. The quantitative estimate of drug-likeness (QED) is 0.818. The van der Waals surface area contributed by atoms with E-state index in [1.54, 1.807) is 24.7 Å². The van der Waals surface area contributed by atoms with Gasteiger partial charge >= 0.3 is 0 Å². The van der Waals surface area contributed by atoms with E-state index in [0.717, 1.165) is 5.56 Å². The zero-order chi connectivity index (χ0) is 12.8. The molecule has 0 bridgehead atoms. The number of rotatable bonds is 6. The highest BCUT2D eigenvalue weighted by Crippen LogP contribution is 2.26. The van der Waals surface area contributed by atoms with Gasteiger partial charge in [-0.2, -0.15) is 0 Å². The molecule has 0 saturated carbocycles. The largest absolute Gasteiger partial charge is 0.488 e. The van der Waals surface area contributed by atoms with Crippen molar-refractivity contribution in [3.63, 3.8) is 0 Å². The van der Waals surface area contributed by atoms with Crippen LogP contribution in [0.15, 0.2) is 41.2 Å². The van der Waals surface area contributed by atoms with Crippen molar-refractivity contribution in [2.45, 2.75) is 6.54 Å².